The van der Waals surface area contributed by atoms with E-state index in [1.54, 1.807) is 19.1 Å². The summed E-state index contributed by atoms with van der Waals surface area (Å²) in [7, 11) is 0. The summed E-state index contributed by atoms with van der Waals surface area (Å²) in [5.74, 6) is 1.79. The van der Waals surface area contributed by atoms with Gasteiger partial charge in [0.1, 0.15) is 0 Å². The average Bonchev–Trinajstić information content (AvgIpc) is 3.05. The molecule has 1 aliphatic rings. The summed E-state index contributed by atoms with van der Waals surface area (Å²) in [6, 6.07) is 15.3. The molecule has 0 fully saturated rings. The summed E-state index contributed by atoms with van der Waals surface area (Å²) in [5.41, 5.74) is 2.84. The molecule has 0 bridgehead atoms. The number of anilines is 1. The van der Waals surface area contributed by atoms with Gasteiger partial charge in [0.25, 0.3) is 5.69 Å². The molecule has 1 aliphatic heterocycles. The molecule has 4 rings (SSSR count). The summed E-state index contributed by atoms with van der Waals surface area (Å²) in [6.45, 7) is 3.99. The molecule has 0 aliphatic carbocycles. The Labute approximate surface area is 144 Å². The minimum Gasteiger partial charge on any atom is -0.362 e. The van der Waals surface area contributed by atoms with E-state index in [1.807, 2.05) is 36.4 Å². The van der Waals surface area contributed by atoms with Crippen molar-refractivity contribution in [2.45, 2.75) is 20.0 Å². The lowest BCUT2D eigenvalue weighted by atomic mass is 10.1. The van der Waals surface area contributed by atoms with Gasteiger partial charge in [-0.1, -0.05) is 30.3 Å². The fourth-order valence-corrected chi connectivity index (χ4v) is 3.22. The van der Waals surface area contributed by atoms with Crippen LogP contribution < -0.4 is 4.90 Å². The summed E-state index contributed by atoms with van der Waals surface area (Å²) >= 11 is 0. The van der Waals surface area contributed by atoms with Gasteiger partial charge in [-0.25, -0.2) is 0 Å². The van der Waals surface area contributed by atoms with E-state index in [2.05, 4.69) is 19.7 Å². The van der Waals surface area contributed by atoms with E-state index in [0.29, 0.717) is 12.1 Å². The van der Waals surface area contributed by atoms with Gasteiger partial charge in [0, 0.05) is 36.0 Å². The monoisotopic (exact) mass is 335 g/mol. The number of nitro groups is 1. The Bertz CT molecular complexity index is 936. The lowest BCUT2D eigenvalue weighted by Gasteiger charge is -2.29. The second kappa shape index (κ2) is 6.01. The van der Waals surface area contributed by atoms with Gasteiger partial charge in [-0.15, -0.1) is 10.2 Å². The zero-order chi connectivity index (χ0) is 17.4. The predicted octanol–water partition coefficient (Wildman–Crippen LogP) is 3.18. The van der Waals surface area contributed by atoms with Crippen LogP contribution >= 0.6 is 0 Å². The first-order valence-corrected chi connectivity index (χ1v) is 8.11. The molecule has 25 heavy (non-hydrogen) atoms. The molecule has 1 aromatic heterocycles. The third-order valence-electron chi connectivity index (χ3n) is 4.53. The van der Waals surface area contributed by atoms with Gasteiger partial charge in [0.05, 0.1) is 11.5 Å². The fourth-order valence-electron chi connectivity index (χ4n) is 3.22. The SMILES string of the molecule is Cc1cc(N2CCn3c(nnc3-c3ccccc3)C2)ccc1[N+](=O)[O-]. The average molecular weight is 335 g/mol. The van der Waals surface area contributed by atoms with Gasteiger partial charge >= 0.3 is 0 Å². The molecule has 2 heterocycles. The lowest BCUT2D eigenvalue weighted by molar-refractivity contribution is -0.385. The van der Waals surface area contributed by atoms with E-state index in [9.17, 15) is 10.1 Å². The molecule has 126 valence electrons. The number of hydrogen-bond donors (Lipinski definition) is 0. The van der Waals surface area contributed by atoms with E-state index in [0.717, 1.165) is 36.0 Å². The summed E-state index contributed by atoms with van der Waals surface area (Å²) in [4.78, 5) is 12.8. The molecule has 0 radical (unpaired) electrons. The molecule has 0 amide bonds. The van der Waals surface area contributed by atoms with Crippen LogP contribution in [0.15, 0.2) is 48.5 Å². The Hall–Kier alpha value is -3.22. The summed E-state index contributed by atoms with van der Waals surface area (Å²) in [6.07, 6.45) is 0. The van der Waals surface area contributed by atoms with Crippen molar-refractivity contribution in [3.05, 3.63) is 70.0 Å². The van der Waals surface area contributed by atoms with Crippen LogP contribution in [-0.4, -0.2) is 26.2 Å². The number of aromatic nitrogens is 3. The summed E-state index contributed by atoms with van der Waals surface area (Å²) in [5, 5.41) is 19.7. The number of benzene rings is 2. The van der Waals surface area contributed by atoms with Gasteiger partial charge in [-0.3, -0.25) is 10.1 Å². The zero-order valence-electron chi connectivity index (χ0n) is 13.8. The van der Waals surface area contributed by atoms with Crippen LogP contribution in [0.1, 0.15) is 11.4 Å². The number of aryl methyl sites for hydroxylation is 1. The number of hydrogen-bond acceptors (Lipinski definition) is 5. The molecule has 0 spiro atoms. The van der Waals surface area contributed by atoms with Crippen molar-refractivity contribution in [2.75, 3.05) is 11.4 Å². The van der Waals surface area contributed by atoms with Crippen molar-refractivity contribution in [3.8, 4) is 11.4 Å². The molecule has 0 atom stereocenters. The normalized spacial score (nSPS) is 13.6. The minimum atomic E-state index is -0.349. The third-order valence-corrected chi connectivity index (χ3v) is 4.53. The Morgan fingerprint density at radius 1 is 1.08 bits per heavy atom. The second-order valence-electron chi connectivity index (χ2n) is 6.11. The Morgan fingerprint density at radius 2 is 1.88 bits per heavy atom. The van der Waals surface area contributed by atoms with Gasteiger partial charge in [0.15, 0.2) is 11.6 Å². The highest BCUT2D eigenvalue weighted by molar-refractivity contribution is 5.57. The molecule has 7 nitrogen and oxygen atoms in total. The Morgan fingerprint density at radius 3 is 2.60 bits per heavy atom. The maximum Gasteiger partial charge on any atom is 0.272 e. The zero-order valence-corrected chi connectivity index (χ0v) is 13.8. The molecule has 3 aromatic rings. The van der Waals surface area contributed by atoms with Crippen molar-refractivity contribution in [1.82, 2.24) is 14.8 Å². The number of fused-ring (bicyclic) bond motifs is 1. The molecule has 0 saturated carbocycles. The first-order valence-electron chi connectivity index (χ1n) is 8.11. The lowest BCUT2D eigenvalue weighted by Crippen LogP contribution is -2.34. The fraction of sp³-hybridized carbons (Fsp3) is 0.222. The van der Waals surface area contributed by atoms with Crippen LogP contribution in [-0.2, 0) is 13.1 Å². The highest BCUT2D eigenvalue weighted by atomic mass is 16.6. The van der Waals surface area contributed by atoms with E-state index >= 15 is 0 Å². The van der Waals surface area contributed by atoms with Gasteiger partial charge < -0.3 is 9.47 Å². The van der Waals surface area contributed by atoms with Crippen molar-refractivity contribution in [2.24, 2.45) is 0 Å². The van der Waals surface area contributed by atoms with Crippen molar-refractivity contribution < 1.29 is 4.92 Å². The van der Waals surface area contributed by atoms with E-state index in [-0.39, 0.29) is 10.6 Å². The van der Waals surface area contributed by atoms with Gasteiger partial charge in [-0.2, -0.15) is 0 Å². The Balaban J connectivity index is 1.61. The molecular formula is C18H17N5O2. The molecule has 0 unspecified atom stereocenters. The number of nitrogens with zero attached hydrogens (tertiary/aromatic N) is 5. The van der Waals surface area contributed by atoms with Crippen LogP contribution in [0.5, 0.6) is 0 Å². The van der Waals surface area contributed by atoms with Crippen LogP contribution in [0.2, 0.25) is 0 Å². The summed E-state index contributed by atoms with van der Waals surface area (Å²) < 4.78 is 2.14. The van der Waals surface area contributed by atoms with Crippen molar-refractivity contribution >= 4 is 11.4 Å². The highest BCUT2D eigenvalue weighted by Gasteiger charge is 2.23. The first-order chi connectivity index (χ1) is 12.1. The number of rotatable bonds is 3. The largest absolute Gasteiger partial charge is 0.362 e. The first kappa shape index (κ1) is 15.3. The second-order valence-corrected chi connectivity index (χ2v) is 6.11. The van der Waals surface area contributed by atoms with Crippen molar-refractivity contribution in [1.29, 1.82) is 0 Å². The van der Waals surface area contributed by atoms with Crippen LogP contribution in [0.25, 0.3) is 11.4 Å². The van der Waals surface area contributed by atoms with E-state index < -0.39 is 0 Å². The van der Waals surface area contributed by atoms with Crippen molar-refractivity contribution in [3.63, 3.8) is 0 Å². The topological polar surface area (TPSA) is 77.1 Å². The smallest absolute Gasteiger partial charge is 0.272 e. The molecule has 7 heteroatoms. The number of nitro benzene ring substituents is 1. The molecule has 2 aromatic carbocycles. The molecule has 0 N–H and O–H groups in total. The van der Waals surface area contributed by atoms with E-state index in [1.165, 1.54) is 0 Å². The maximum atomic E-state index is 11.0. The standard InChI is InChI=1S/C18H17N5O2/c1-13-11-15(7-8-16(13)23(24)25)21-9-10-22-17(12-21)19-20-18(22)14-5-3-2-4-6-14/h2-8,11H,9-10,12H2,1H3. The highest BCUT2D eigenvalue weighted by Crippen LogP contribution is 2.28. The quantitative estimate of drug-likeness (QED) is 0.543. The van der Waals surface area contributed by atoms with Gasteiger partial charge in [0.2, 0.25) is 0 Å². The predicted molar refractivity (Wildman–Crippen MR) is 94.3 cm³/mol. The molecular weight excluding hydrogens is 318 g/mol. The van der Waals surface area contributed by atoms with Gasteiger partial charge in [-0.05, 0) is 19.1 Å². The van der Waals surface area contributed by atoms with Crippen LogP contribution in [0.4, 0.5) is 11.4 Å². The van der Waals surface area contributed by atoms with E-state index in [4.69, 9.17) is 0 Å². The van der Waals surface area contributed by atoms with Crippen LogP contribution in [0, 0.1) is 17.0 Å². The third kappa shape index (κ3) is 2.73. The van der Waals surface area contributed by atoms with Crippen LogP contribution in [0.3, 0.4) is 0 Å². The minimum absolute atomic E-state index is 0.148. The maximum absolute atomic E-state index is 11.0. The Kier molecular flexibility index (Phi) is 3.68. The molecule has 0 saturated heterocycles.